The van der Waals surface area contributed by atoms with Crippen molar-refractivity contribution in [3.63, 3.8) is 0 Å². The monoisotopic (exact) mass is 264 g/mol. The van der Waals surface area contributed by atoms with Gasteiger partial charge in [-0.3, -0.25) is 4.90 Å². The van der Waals surface area contributed by atoms with E-state index in [2.05, 4.69) is 26.6 Å². The maximum Gasteiger partial charge on any atom is 0.132 e. The SMILES string of the molecule is COc1ccc(CN(C)Cc2nnsc2N)cc1. The van der Waals surface area contributed by atoms with E-state index in [1.165, 1.54) is 17.1 Å². The van der Waals surface area contributed by atoms with Crippen LogP contribution in [0.3, 0.4) is 0 Å². The molecule has 1 aromatic heterocycles. The topological polar surface area (TPSA) is 64.3 Å². The molecule has 0 atom stereocenters. The van der Waals surface area contributed by atoms with Gasteiger partial charge in [0.25, 0.3) is 0 Å². The Morgan fingerprint density at radius 3 is 2.56 bits per heavy atom. The summed E-state index contributed by atoms with van der Waals surface area (Å²) in [5, 5.41) is 4.70. The van der Waals surface area contributed by atoms with Gasteiger partial charge in [-0.25, -0.2) is 0 Å². The first-order valence-electron chi connectivity index (χ1n) is 5.57. The third-order valence-electron chi connectivity index (χ3n) is 2.62. The van der Waals surface area contributed by atoms with Crippen LogP contribution in [0.15, 0.2) is 24.3 Å². The van der Waals surface area contributed by atoms with E-state index >= 15 is 0 Å². The second-order valence-electron chi connectivity index (χ2n) is 4.10. The van der Waals surface area contributed by atoms with Crippen LogP contribution < -0.4 is 10.5 Å². The van der Waals surface area contributed by atoms with Gasteiger partial charge in [-0.2, -0.15) is 0 Å². The minimum atomic E-state index is 0.691. The first-order valence-corrected chi connectivity index (χ1v) is 6.34. The molecular weight excluding hydrogens is 248 g/mol. The number of nitrogen functional groups attached to an aromatic ring is 1. The Labute approximate surface area is 110 Å². The lowest BCUT2D eigenvalue weighted by Crippen LogP contribution is -2.18. The minimum Gasteiger partial charge on any atom is -0.497 e. The van der Waals surface area contributed by atoms with Crippen LogP contribution in [0.1, 0.15) is 11.3 Å². The normalized spacial score (nSPS) is 10.8. The molecule has 2 N–H and O–H groups in total. The van der Waals surface area contributed by atoms with E-state index in [-0.39, 0.29) is 0 Å². The van der Waals surface area contributed by atoms with Crippen LogP contribution in [0.2, 0.25) is 0 Å². The van der Waals surface area contributed by atoms with Gasteiger partial charge in [-0.05, 0) is 24.7 Å². The average molecular weight is 264 g/mol. The van der Waals surface area contributed by atoms with Gasteiger partial charge in [-0.15, -0.1) is 5.10 Å². The summed E-state index contributed by atoms with van der Waals surface area (Å²) in [6.45, 7) is 1.54. The summed E-state index contributed by atoms with van der Waals surface area (Å²) in [5.41, 5.74) is 7.84. The molecule has 1 heterocycles. The molecule has 0 unspecified atom stereocenters. The van der Waals surface area contributed by atoms with E-state index in [1.807, 2.05) is 19.2 Å². The fourth-order valence-electron chi connectivity index (χ4n) is 1.68. The third-order valence-corrected chi connectivity index (χ3v) is 3.21. The van der Waals surface area contributed by atoms with Gasteiger partial charge >= 0.3 is 0 Å². The van der Waals surface area contributed by atoms with Crippen molar-refractivity contribution < 1.29 is 4.74 Å². The van der Waals surface area contributed by atoms with Crippen molar-refractivity contribution in [1.82, 2.24) is 14.5 Å². The van der Waals surface area contributed by atoms with Crippen LogP contribution in [-0.4, -0.2) is 28.6 Å². The van der Waals surface area contributed by atoms with Crippen molar-refractivity contribution in [2.75, 3.05) is 19.9 Å². The van der Waals surface area contributed by atoms with Gasteiger partial charge in [0, 0.05) is 24.6 Å². The molecule has 0 amide bonds. The molecule has 0 aliphatic carbocycles. The fourth-order valence-corrected chi connectivity index (χ4v) is 2.12. The van der Waals surface area contributed by atoms with E-state index in [4.69, 9.17) is 10.5 Å². The Balaban J connectivity index is 1.94. The van der Waals surface area contributed by atoms with Gasteiger partial charge in [0.15, 0.2) is 0 Å². The first kappa shape index (κ1) is 12.8. The van der Waals surface area contributed by atoms with Gasteiger partial charge in [-0.1, -0.05) is 16.6 Å². The summed E-state index contributed by atoms with van der Waals surface area (Å²) in [7, 11) is 3.70. The number of aromatic nitrogens is 2. The molecule has 0 fully saturated rings. The summed E-state index contributed by atoms with van der Waals surface area (Å²) < 4.78 is 8.96. The zero-order chi connectivity index (χ0) is 13.0. The van der Waals surface area contributed by atoms with Gasteiger partial charge in [0.2, 0.25) is 0 Å². The number of hydrogen-bond donors (Lipinski definition) is 1. The number of hydrogen-bond acceptors (Lipinski definition) is 6. The van der Waals surface area contributed by atoms with Crippen LogP contribution in [0.25, 0.3) is 0 Å². The summed E-state index contributed by atoms with van der Waals surface area (Å²) in [6, 6.07) is 8.03. The summed E-state index contributed by atoms with van der Waals surface area (Å²) in [4.78, 5) is 2.15. The van der Waals surface area contributed by atoms with E-state index in [9.17, 15) is 0 Å². The highest BCUT2D eigenvalue weighted by Crippen LogP contribution is 2.16. The number of benzene rings is 1. The lowest BCUT2D eigenvalue weighted by Gasteiger charge is -2.15. The highest BCUT2D eigenvalue weighted by Gasteiger charge is 2.08. The van der Waals surface area contributed by atoms with Crippen molar-refractivity contribution >= 4 is 16.5 Å². The highest BCUT2D eigenvalue weighted by molar-refractivity contribution is 7.09. The molecule has 5 nitrogen and oxygen atoms in total. The van der Waals surface area contributed by atoms with E-state index in [0.717, 1.165) is 18.0 Å². The molecule has 2 rings (SSSR count). The summed E-state index contributed by atoms with van der Waals surface area (Å²) >= 11 is 1.23. The van der Waals surface area contributed by atoms with Crippen LogP contribution in [0.4, 0.5) is 5.00 Å². The number of nitrogens with zero attached hydrogens (tertiary/aromatic N) is 3. The highest BCUT2D eigenvalue weighted by atomic mass is 32.1. The molecule has 2 aromatic rings. The van der Waals surface area contributed by atoms with E-state index in [0.29, 0.717) is 11.5 Å². The molecule has 0 saturated carbocycles. The number of rotatable bonds is 5. The second-order valence-corrected chi connectivity index (χ2v) is 4.89. The standard InChI is InChI=1S/C12H16N4OS/c1-16(8-11-12(13)18-15-14-11)7-9-3-5-10(17-2)6-4-9/h3-6H,7-8,13H2,1-2H3. The predicted molar refractivity (Wildman–Crippen MR) is 72.5 cm³/mol. The van der Waals surface area contributed by atoms with Crippen molar-refractivity contribution in [2.24, 2.45) is 0 Å². The minimum absolute atomic E-state index is 0.691. The Kier molecular flexibility index (Phi) is 4.11. The van der Waals surface area contributed by atoms with Gasteiger partial charge in [0.1, 0.15) is 16.4 Å². The maximum atomic E-state index is 5.77. The quantitative estimate of drug-likeness (QED) is 0.891. The summed E-state index contributed by atoms with van der Waals surface area (Å²) in [6.07, 6.45) is 0. The van der Waals surface area contributed by atoms with Crippen molar-refractivity contribution in [3.8, 4) is 5.75 Å². The Bertz CT molecular complexity index is 497. The lowest BCUT2D eigenvalue weighted by atomic mass is 10.2. The van der Waals surface area contributed by atoms with Crippen LogP contribution >= 0.6 is 11.5 Å². The molecule has 18 heavy (non-hydrogen) atoms. The third kappa shape index (κ3) is 3.18. The maximum absolute atomic E-state index is 5.77. The summed E-state index contributed by atoms with van der Waals surface area (Å²) in [5.74, 6) is 0.870. The molecule has 0 saturated heterocycles. The molecule has 0 spiro atoms. The van der Waals surface area contributed by atoms with Gasteiger partial charge < -0.3 is 10.5 Å². The Hall–Kier alpha value is -1.66. The van der Waals surface area contributed by atoms with Crippen molar-refractivity contribution in [1.29, 1.82) is 0 Å². The number of methoxy groups -OCH3 is 1. The van der Waals surface area contributed by atoms with E-state index < -0.39 is 0 Å². The molecule has 6 heteroatoms. The molecule has 0 aliphatic heterocycles. The smallest absolute Gasteiger partial charge is 0.132 e. The van der Waals surface area contributed by atoms with Gasteiger partial charge in [0.05, 0.1) is 7.11 Å². The molecule has 96 valence electrons. The molecular formula is C12H16N4OS. The number of ether oxygens (including phenoxy) is 1. The van der Waals surface area contributed by atoms with Crippen LogP contribution in [0.5, 0.6) is 5.75 Å². The van der Waals surface area contributed by atoms with E-state index in [1.54, 1.807) is 7.11 Å². The van der Waals surface area contributed by atoms with Crippen LogP contribution in [-0.2, 0) is 13.1 Å². The largest absolute Gasteiger partial charge is 0.497 e. The molecule has 0 bridgehead atoms. The van der Waals surface area contributed by atoms with Crippen molar-refractivity contribution in [3.05, 3.63) is 35.5 Å². The Morgan fingerprint density at radius 1 is 1.28 bits per heavy atom. The second kappa shape index (κ2) is 5.79. The van der Waals surface area contributed by atoms with Crippen molar-refractivity contribution in [2.45, 2.75) is 13.1 Å². The zero-order valence-corrected chi connectivity index (χ0v) is 11.3. The molecule has 0 aliphatic rings. The van der Waals surface area contributed by atoms with Crippen LogP contribution in [0, 0.1) is 0 Å². The number of nitrogens with two attached hydrogens (primary N) is 1. The predicted octanol–water partition coefficient (Wildman–Crippen LogP) is 1.76. The zero-order valence-electron chi connectivity index (χ0n) is 10.5. The number of anilines is 1. The Morgan fingerprint density at radius 2 is 2.00 bits per heavy atom. The lowest BCUT2D eigenvalue weighted by molar-refractivity contribution is 0.315. The first-order chi connectivity index (χ1) is 8.69. The fraction of sp³-hybridized carbons (Fsp3) is 0.333. The average Bonchev–Trinajstić information content (AvgIpc) is 2.76. The molecule has 0 radical (unpaired) electrons. The molecule has 1 aromatic carbocycles.